The minimum absolute atomic E-state index is 0.202. The highest BCUT2D eigenvalue weighted by molar-refractivity contribution is 5.70. The molecular formula is C18H22N4O2. The quantitative estimate of drug-likeness (QED) is 0.778. The van der Waals surface area contributed by atoms with E-state index >= 15 is 0 Å². The Bertz CT molecular complexity index is 712. The fourth-order valence-electron chi connectivity index (χ4n) is 3.07. The number of anilines is 3. The van der Waals surface area contributed by atoms with E-state index in [0.29, 0.717) is 12.8 Å². The molecule has 1 saturated carbocycles. The van der Waals surface area contributed by atoms with Crippen LogP contribution in [0.15, 0.2) is 36.7 Å². The second kappa shape index (κ2) is 7.29. The Morgan fingerprint density at radius 3 is 2.58 bits per heavy atom. The summed E-state index contributed by atoms with van der Waals surface area (Å²) in [6, 6.07) is 10.2. The van der Waals surface area contributed by atoms with Gasteiger partial charge in [0.2, 0.25) is 0 Å². The molecule has 0 aliphatic heterocycles. The predicted molar refractivity (Wildman–Crippen MR) is 93.5 cm³/mol. The first-order chi connectivity index (χ1) is 11.6. The monoisotopic (exact) mass is 326 g/mol. The van der Waals surface area contributed by atoms with Crippen LogP contribution in [0.3, 0.4) is 0 Å². The molecule has 1 fully saturated rings. The molecule has 0 saturated heterocycles. The molecule has 24 heavy (non-hydrogen) atoms. The number of benzene rings is 1. The SMILES string of the molecule is Cc1cccc(Nc2cc(NC3CCC(C(=O)O)CC3)ncn2)c1. The number of nitrogens with one attached hydrogen (secondary N) is 2. The highest BCUT2D eigenvalue weighted by Gasteiger charge is 2.25. The molecule has 0 unspecified atom stereocenters. The number of carboxylic acid groups (broad SMARTS) is 1. The lowest BCUT2D eigenvalue weighted by Gasteiger charge is -2.27. The number of hydrogen-bond acceptors (Lipinski definition) is 5. The Balaban J connectivity index is 1.60. The molecule has 0 amide bonds. The molecule has 1 aromatic carbocycles. The van der Waals surface area contributed by atoms with E-state index in [1.807, 2.05) is 31.2 Å². The maximum atomic E-state index is 11.0. The van der Waals surface area contributed by atoms with E-state index in [1.165, 1.54) is 11.9 Å². The smallest absolute Gasteiger partial charge is 0.306 e. The Morgan fingerprint density at radius 2 is 1.88 bits per heavy atom. The molecule has 1 heterocycles. The number of carbonyl (C=O) groups is 1. The molecule has 2 aromatic rings. The molecule has 6 heteroatoms. The first kappa shape index (κ1) is 16.2. The molecular weight excluding hydrogens is 304 g/mol. The van der Waals surface area contributed by atoms with Gasteiger partial charge in [-0.15, -0.1) is 0 Å². The third-order valence-electron chi connectivity index (χ3n) is 4.39. The number of aryl methyl sites for hydroxylation is 1. The van der Waals surface area contributed by atoms with E-state index < -0.39 is 5.97 Å². The first-order valence-electron chi connectivity index (χ1n) is 8.25. The van der Waals surface area contributed by atoms with Crippen LogP contribution in [-0.4, -0.2) is 27.1 Å². The van der Waals surface area contributed by atoms with Crippen LogP contribution in [0.25, 0.3) is 0 Å². The van der Waals surface area contributed by atoms with Gasteiger partial charge in [0.15, 0.2) is 0 Å². The number of carboxylic acids is 1. The van der Waals surface area contributed by atoms with Crippen LogP contribution in [0, 0.1) is 12.8 Å². The van der Waals surface area contributed by atoms with Crippen LogP contribution in [0.4, 0.5) is 17.3 Å². The van der Waals surface area contributed by atoms with Crippen LogP contribution in [0.1, 0.15) is 31.2 Å². The van der Waals surface area contributed by atoms with Gasteiger partial charge in [-0.2, -0.15) is 0 Å². The van der Waals surface area contributed by atoms with Crippen molar-refractivity contribution in [2.75, 3.05) is 10.6 Å². The zero-order chi connectivity index (χ0) is 16.9. The number of rotatable bonds is 5. The second-order valence-electron chi connectivity index (χ2n) is 6.31. The summed E-state index contributed by atoms with van der Waals surface area (Å²) in [6.45, 7) is 2.05. The Morgan fingerprint density at radius 1 is 1.12 bits per heavy atom. The van der Waals surface area contributed by atoms with Crippen molar-refractivity contribution in [2.45, 2.75) is 38.6 Å². The van der Waals surface area contributed by atoms with Crippen LogP contribution >= 0.6 is 0 Å². The highest BCUT2D eigenvalue weighted by atomic mass is 16.4. The lowest BCUT2D eigenvalue weighted by Crippen LogP contribution is -2.29. The third-order valence-corrected chi connectivity index (χ3v) is 4.39. The summed E-state index contributed by atoms with van der Waals surface area (Å²) in [6.07, 6.45) is 4.66. The molecule has 6 nitrogen and oxygen atoms in total. The minimum atomic E-state index is -0.680. The van der Waals surface area contributed by atoms with Crippen LogP contribution in [0.5, 0.6) is 0 Å². The average molecular weight is 326 g/mol. The molecule has 0 radical (unpaired) electrons. The maximum Gasteiger partial charge on any atom is 0.306 e. The second-order valence-corrected chi connectivity index (χ2v) is 6.31. The summed E-state index contributed by atoms with van der Waals surface area (Å²) in [4.78, 5) is 19.5. The largest absolute Gasteiger partial charge is 0.481 e. The number of hydrogen-bond donors (Lipinski definition) is 3. The van der Waals surface area contributed by atoms with Crippen molar-refractivity contribution in [3.05, 3.63) is 42.2 Å². The Hall–Kier alpha value is -2.63. The first-order valence-corrected chi connectivity index (χ1v) is 8.25. The van der Waals surface area contributed by atoms with Gasteiger partial charge in [-0.1, -0.05) is 12.1 Å². The molecule has 1 aliphatic carbocycles. The summed E-state index contributed by atoms with van der Waals surface area (Å²) in [5.41, 5.74) is 2.17. The summed E-state index contributed by atoms with van der Waals surface area (Å²) in [7, 11) is 0. The van der Waals surface area contributed by atoms with Gasteiger partial charge in [0.1, 0.15) is 18.0 Å². The topological polar surface area (TPSA) is 87.1 Å². The van der Waals surface area contributed by atoms with E-state index in [2.05, 4.69) is 26.7 Å². The fraction of sp³-hybridized carbons (Fsp3) is 0.389. The van der Waals surface area contributed by atoms with E-state index in [9.17, 15) is 4.79 Å². The van der Waals surface area contributed by atoms with Gasteiger partial charge in [-0.25, -0.2) is 9.97 Å². The van der Waals surface area contributed by atoms with Crippen molar-refractivity contribution in [1.29, 1.82) is 0 Å². The van der Waals surface area contributed by atoms with Crippen LogP contribution < -0.4 is 10.6 Å². The molecule has 0 spiro atoms. The van der Waals surface area contributed by atoms with Gasteiger partial charge in [0, 0.05) is 17.8 Å². The fourth-order valence-corrected chi connectivity index (χ4v) is 3.07. The maximum absolute atomic E-state index is 11.0. The van der Waals surface area contributed by atoms with Gasteiger partial charge in [-0.05, 0) is 50.3 Å². The van der Waals surface area contributed by atoms with Crippen molar-refractivity contribution in [3.8, 4) is 0 Å². The van der Waals surface area contributed by atoms with E-state index in [1.54, 1.807) is 0 Å². The molecule has 0 bridgehead atoms. The summed E-state index contributed by atoms with van der Waals surface area (Å²) in [5.74, 6) is 0.614. The third kappa shape index (κ3) is 4.22. The van der Waals surface area contributed by atoms with Crippen molar-refractivity contribution < 1.29 is 9.90 Å². The zero-order valence-corrected chi connectivity index (χ0v) is 13.7. The summed E-state index contributed by atoms with van der Waals surface area (Å²) in [5, 5.41) is 15.7. The minimum Gasteiger partial charge on any atom is -0.481 e. The van der Waals surface area contributed by atoms with Gasteiger partial charge in [0.25, 0.3) is 0 Å². The molecule has 3 rings (SSSR count). The van der Waals surface area contributed by atoms with Crippen molar-refractivity contribution >= 4 is 23.3 Å². The van der Waals surface area contributed by atoms with E-state index in [-0.39, 0.29) is 12.0 Å². The van der Waals surface area contributed by atoms with Crippen molar-refractivity contribution in [2.24, 2.45) is 5.92 Å². The number of aliphatic carboxylic acids is 1. The lowest BCUT2D eigenvalue weighted by atomic mass is 9.86. The summed E-state index contributed by atoms with van der Waals surface area (Å²) >= 11 is 0. The molecule has 3 N–H and O–H groups in total. The number of nitrogens with zero attached hydrogens (tertiary/aromatic N) is 2. The van der Waals surface area contributed by atoms with E-state index in [4.69, 9.17) is 5.11 Å². The van der Waals surface area contributed by atoms with Gasteiger partial charge < -0.3 is 15.7 Å². The average Bonchev–Trinajstić information content (AvgIpc) is 2.56. The predicted octanol–water partition coefficient (Wildman–Crippen LogP) is 3.58. The van der Waals surface area contributed by atoms with Gasteiger partial charge >= 0.3 is 5.97 Å². The molecule has 126 valence electrons. The van der Waals surface area contributed by atoms with E-state index in [0.717, 1.165) is 30.2 Å². The Labute approximate surface area is 141 Å². The standard InChI is InChI=1S/C18H22N4O2/c1-12-3-2-4-15(9-12)22-17-10-16(19-11-20-17)21-14-7-5-13(6-8-14)18(23)24/h2-4,9-11,13-14H,5-8H2,1H3,(H,23,24)(H2,19,20,21,22). The zero-order valence-electron chi connectivity index (χ0n) is 13.7. The van der Waals surface area contributed by atoms with Gasteiger partial charge in [0.05, 0.1) is 5.92 Å². The molecule has 1 aliphatic rings. The lowest BCUT2D eigenvalue weighted by molar-refractivity contribution is -0.142. The normalized spacial score (nSPS) is 20.4. The number of aromatic nitrogens is 2. The van der Waals surface area contributed by atoms with Gasteiger partial charge in [-0.3, -0.25) is 4.79 Å². The highest BCUT2D eigenvalue weighted by Crippen LogP contribution is 2.27. The molecule has 0 atom stereocenters. The van der Waals surface area contributed by atoms with Crippen molar-refractivity contribution in [1.82, 2.24) is 9.97 Å². The summed E-state index contributed by atoms with van der Waals surface area (Å²) < 4.78 is 0. The molecule has 1 aromatic heterocycles. The van der Waals surface area contributed by atoms with Crippen LogP contribution in [0.2, 0.25) is 0 Å². The van der Waals surface area contributed by atoms with Crippen LogP contribution in [-0.2, 0) is 4.79 Å². The van der Waals surface area contributed by atoms with Crippen molar-refractivity contribution in [3.63, 3.8) is 0 Å². The Kier molecular flexibility index (Phi) is 4.93.